The predicted octanol–water partition coefficient (Wildman–Crippen LogP) is 3.21. The van der Waals surface area contributed by atoms with E-state index in [1.807, 2.05) is 0 Å². The normalized spacial score (nSPS) is 27.2. The Labute approximate surface area is 88.4 Å². The fourth-order valence-electron chi connectivity index (χ4n) is 2.01. The molecule has 1 saturated carbocycles. The van der Waals surface area contributed by atoms with E-state index < -0.39 is 0 Å². The topological polar surface area (TPSA) is 17.1 Å². The van der Waals surface area contributed by atoms with Crippen LogP contribution < -0.4 is 0 Å². The van der Waals surface area contributed by atoms with Gasteiger partial charge in [-0.2, -0.15) is 0 Å². The Bertz CT molecular complexity index is 152. The first-order valence-corrected chi connectivity index (χ1v) is 6.40. The quantitative estimate of drug-likeness (QED) is 0.573. The largest absolute Gasteiger partial charge is 0.299 e. The van der Waals surface area contributed by atoms with E-state index in [9.17, 15) is 4.79 Å². The van der Waals surface area contributed by atoms with Crippen LogP contribution in [0, 0.1) is 11.8 Å². The number of rotatable bonds is 3. The van der Waals surface area contributed by atoms with Gasteiger partial charge in [-0.25, -0.2) is 0 Å². The lowest BCUT2D eigenvalue weighted by molar-refractivity contribution is -0.126. The maximum atomic E-state index is 11.6. The molecule has 1 aliphatic rings. The minimum Gasteiger partial charge on any atom is -0.299 e. The van der Waals surface area contributed by atoms with Crippen LogP contribution in [-0.4, -0.2) is 10.2 Å². The minimum absolute atomic E-state index is 0.403. The van der Waals surface area contributed by atoms with E-state index >= 15 is 0 Å². The Balaban J connectivity index is 2.51. The van der Waals surface area contributed by atoms with Crippen LogP contribution >= 0.6 is 22.6 Å². The third-order valence-electron chi connectivity index (χ3n) is 2.89. The number of hydrogen-bond acceptors (Lipinski definition) is 1. The third-order valence-corrected chi connectivity index (χ3v) is 4.02. The summed E-state index contributed by atoms with van der Waals surface area (Å²) >= 11 is 2.41. The van der Waals surface area contributed by atoms with Crippen LogP contribution in [0.25, 0.3) is 0 Å². The first-order chi connectivity index (χ1) is 5.79. The summed E-state index contributed by atoms with van der Waals surface area (Å²) in [5.74, 6) is 1.59. The molecule has 0 spiro atoms. The second kappa shape index (κ2) is 5.20. The van der Waals surface area contributed by atoms with E-state index in [4.69, 9.17) is 0 Å². The fourth-order valence-corrected chi connectivity index (χ4v) is 3.25. The average Bonchev–Trinajstić information content (AvgIpc) is 2.10. The van der Waals surface area contributed by atoms with Gasteiger partial charge in [0.25, 0.3) is 0 Å². The second-order valence-corrected chi connectivity index (χ2v) is 4.52. The van der Waals surface area contributed by atoms with E-state index in [1.54, 1.807) is 0 Å². The molecule has 12 heavy (non-hydrogen) atoms. The Morgan fingerprint density at radius 2 is 2.33 bits per heavy atom. The van der Waals surface area contributed by atoms with Crippen molar-refractivity contribution in [3.8, 4) is 0 Å². The van der Waals surface area contributed by atoms with Gasteiger partial charge in [0.05, 0.1) is 0 Å². The van der Waals surface area contributed by atoms with E-state index in [0.717, 1.165) is 23.7 Å². The predicted molar refractivity (Wildman–Crippen MR) is 59.6 cm³/mol. The van der Waals surface area contributed by atoms with Crippen LogP contribution in [0.4, 0.5) is 0 Å². The van der Waals surface area contributed by atoms with Crippen LogP contribution in [0.1, 0.15) is 39.0 Å². The smallest absolute Gasteiger partial charge is 0.136 e. The van der Waals surface area contributed by atoms with Crippen molar-refractivity contribution in [3.63, 3.8) is 0 Å². The summed E-state index contributed by atoms with van der Waals surface area (Å²) in [5, 5.41) is 0. The maximum absolute atomic E-state index is 11.6. The van der Waals surface area contributed by atoms with Gasteiger partial charge in [-0.15, -0.1) is 0 Å². The molecule has 2 atom stereocenters. The minimum atomic E-state index is 0.403. The first kappa shape index (κ1) is 10.5. The average molecular weight is 280 g/mol. The molecule has 0 heterocycles. The van der Waals surface area contributed by atoms with Crippen LogP contribution in [0.3, 0.4) is 0 Å². The molecule has 1 fully saturated rings. The molecule has 0 amide bonds. The van der Waals surface area contributed by atoms with Gasteiger partial charge in [0.15, 0.2) is 0 Å². The molecule has 1 nitrogen and oxygen atoms in total. The molecule has 0 saturated heterocycles. The summed E-state index contributed by atoms with van der Waals surface area (Å²) < 4.78 is 1.14. The summed E-state index contributed by atoms with van der Waals surface area (Å²) in [6.45, 7) is 2.20. The molecule has 0 aromatic rings. The summed E-state index contributed by atoms with van der Waals surface area (Å²) in [6, 6.07) is 0. The highest BCUT2D eigenvalue weighted by Gasteiger charge is 2.27. The van der Waals surface area contributed by atoms with E-state index in [2.05, 4.69) is 29.5 Å². The van der Waals surface area contributed by atoms with Crippen molar-refractivity contribution < 1.29 is 4.79 Å². The van der Waals surface area contributed by atoms with Gasteiger partial charge < -0.3 is 0 Å². The molecule has 0 bridgehead atoms. The number of Topliss-reactive ketones (excluding diaryl/α,β-unsaturated/α-hetero) is 1. The van der Waals surface area contributed by atoms with Crippen LogP contribution in [0.15, 0.2) is 0 Å². The van der Waals surface area contributed by atoms with Gasteiger partial charge in [-0.05, 0) is 18.8 Å². The van der Waals surface area contributed by atoms with Crippen molar-refractivity contribution in [2.45, 2.75) is 39.0 Å². The number of hydrogen-bond donors (Lipinski definition) is 0. The lowest BCUT2D eigenvalue weighted by atomic mass is 9.79. The molecule has 0 aromatic heterocycles. The number of carbonyl (C=O) groups is 1. The van der Waals surface area contributed by atoms with Crippen molar-refractivity contribution in [2.24, 2.45) is 11.8 Å². The molecule has 2 heteroatoms. The fraction of sp³-hybridized carbons (Fsp3) is 0.900. The molecule has 0 N–H and O–H groups in total. The Morgan fingerprint density at radius 1 is 1.58 bits per heavy atom. The molecular formula is C10H17IO. The lowest BCUT2D eigenvalue weighted by Crippen LogP contribution is -2.27. The lowest BCUT2D eigenvalue weighted by Gasteiger charge is -2.26. The Hall–Kier alpha value is 0.400. The van der Waals surface area contributed by atoms with E-state index in [0.29, 0.717) is 17.6 Å². The highest BCUT2D eigenvalue weighted by Crippen LogP contribution is 2.30. The summed E-state index contributed by atoms with van der Waals surface area (Å²) in [6.07, 6.45) is 5.56. The van der Waals surface area contributed by atoms with Gasteiger partial charge in [0.2, 0.25) is 0 Å². The molecule has 1 rings (SSSR count). The number of ketones is 1. The first-order valence-electron chi connectivity index (χ1n) is 4.88. The highest BCUT2D eigenvalue weighted by atomic mass is 127. The van der Waals surface area contributed by atoms with E-state index in [1.165, 1.54) is 12.8 Å². The van der Waals surface area contributed by atoms with E-state index in [-0.39, 0.29) is 0 Å². The van der Waals surface area contributed by atoms with Crippen molar-refractivity contribution in [1.82, 2.24) is 0 Å². The van der Waals surface area contributed by atoms with Crippen LogP contribution in [-0.2, 0) is 4.79 Å². The third kappa shape index (κ3) is 2.44. The van der Waals surface area contributed by atoms with Crippen LogP contribution in [0.5, 0.6) is 0 Å². The number of carbonyl (C=O) groups excluding carboxylic acids is 1. The standard InChI is InChI=1S/C10H17IO/c1-2-8(7-11)9-5-3-4-6-10(9)12/h8-9H,2-7H2,1H3. The summed E-state index contributed by atoms with van der Waals surface area (Å²) in [5.41, 5.74) is 0. The van der Waals surface area contributed by atoms with Gasteiger partial charge in [0.1, 0.15) is 5.78 Å². The van der Waals surface area contributed by atoms with Gasteiger partial charge in [-0.1, -0.05) is 42.4 Å². The summed E-state index contributed by atoms with van der Waals surface area (Å²) in [4.78, 5) is 11.6. The van der Waals surface area contributed by atoms with Crippen molar-refractivity contribution >= 4 is 28.4 Å². The van der Waals surface area contributed by atoms with Crippen LogP contribution in [0.2, 0.25) is 0 Å². The second-order valence-electron chi connectivity index (χ2n) is 3.64. The molecule has 0 aliphatic heterocycles. The Kier molecular flexibility index (Phi) is 4.54. The molecular weight excluding hydrogens is 263 g/mol. The zero-order valence-electron chi connectivity index (χ0n) is 7.68. The molecule has 1 aliphatic carbocycles. The highest BCUT2D eigenvalue weighted by molar-refractivity contribution is 14.1. The number of alkyl halides is 1. The van der Waals surface area contributed by atoms with Crippen molar-refractivity contribution in [1.29, 1.82) is 0 Å². The summed E-state index contributed by atoms with van der Waals surface area (Å²) in [7, 11) is 0. The zero-order valence-corrected chi connectivity index (χ0v) is 9.84. The number of halogens is 1. The van der Waals surface area contributed by atoms with Gasteiger partial charge in [-0.3, -0.25) is 4.79 Å². The molecule has 70 valence electrons. The molecule has 2 unspecified atom stereocenters. The molecule has 0 aromatic carbocycles. The Morgan fingerprint density at radius 3 is 2.83 bits per heavy atom. The maximum Gasteiger partial charge on any atom is 0.136 e. The van der Waals surface area contributed by atoms with Gasteiger partial charge >= 0.3 is 0 Å². The van der Waals surface area contributed by atoms with Gasteiger partial charge in [0, 0.05) is 16.8 Å². The SMILES string of the molecule is CCC(CI)C1CCCCC1=O. The van der Waals surface area contributed by atoms with Crippen molar-refractivity contribution in [3.05, 3.63) is 0 Å². The molecule has 0 radical (unpaired) electrons. The zero-order chi connectivity index (χ0) is 8.97. The van der Waals surface area contributed by atoms with Crippen molar-refractivity contribution in [2.75, 3.05) is 4.43 Å². The monoisotopic (exact) mass is 280 g/mol.